The number of hydrogen-bond donors (Lipinski definition) is 4. The van der Waals surface area contributed by atoms with Crippen LogP contribution in [-0.2, 0) is 32.0 Å². The summed E-state index contributed by atoms with van der Waals surface area (Å²) in [7, 11) is 1.26. The molecule has 8 nitrogen and oxygen atoms in total. The lowest BCUT2D eigenvalue weighted by Gasteiger charge is -2.22. The molecule has 1 aromatic heterocycles. The quantitative estimate of drug-likeness (QED) is 0.412. The van der Waals surface area contributed by atoms with Crippen molar-refractivity contribution >= 4 is 28.7 Å². The first-order chi connectivity index (χ1) is 14.9. The first-order valence-corrected chi connectivity index (χ1v) is 9.85. The molecule has 1 heterocycles. The number of phenols is 1. The van der Waals surface area contributed by atoms with Crippen molar-refractivity contribution in [3.05, 3.63) is 65.9 Å². The van der Waals surface area contributed by atoms with E-state index in [4.69, 9.17) is 4.74 Å². The highest BCUT2D eigenvalue weighted by Crippen LogP contribution is 2.24. The Morgan fingerprint density at radius 2 is 1.77 bits per heavy atom. The monoisotopic (exact) mass is 423 g/mol. The average Bonchev–Trinajstić information content (AvgIpc) is 3.14. The van der Waals surface area contributed by atoms with Crippen molar-refractivity contribution in [1.29, 1.82) is 0 Å². The van der Waals surface area contributed by atoms with Gasteiger partial charge in [0.15, 0.2) is 0 Å². The van der Waals surface area contributed by atoms with Gasteiger partial charge in [-0.15, -0.1) is 0 Å². The molecule has 0 bridgehead atoms. The number of H-pyrrole nitrogens is 1. The minimum atomic E-state index is -0.915. The number of hydrogen-bond acceptors (Lipinski definition) is 5. The lowest BCUT2D eigenvalue weighted by molar-refractivity contribution is -0.145. The molecular weight excluding hydrogens is 398 g/mol. The molecule has 0 saturated carbocycles. The van der Waals surface area contributed by atoms with Gasteiger partial charge in [0.1, 0.15) is 17.8 Å². The van der Waals surface area contributed by atoms with E-state index in [-0.39, 0.29) is 24.5 Å². The van der Waals surface area contributed by atoms with Crippen molar-refractivity contribution in [2.75, 3.05) is 7.11 Å². The molecule has 0 saturated heterocycles. The number of aromatic nitrogens is 1. The van der Waals surface area contributed by atoms with E-state index in [1.165, 1.54) is 14.0 Å². The normalized spacial score (nSPS) is 12.7. The third kappa shape index (κ3) is 5.63. The van der Waals surface area contributed by atoms with Crippen molar-refractivity contribution in [1.82, 2.24) is 15.6 Å². The lowest BCUT2D eigenvalue weighted by atomic mass is 10.0. The number of fused-ring (bicyclic) bond motifs is 1. The summed E-state index contributed by atoms with van der Waals surface area (Å²) in [6, 6.07) is 12.3. The van der Waals surface area contributed by atoms with Gasteiger partial charge in [-0.3, -0.25) is 9.59 Å². The van der Waals surface area contributed by atoms with Crippen molar-refractivity contribution in [2.24, 2.45) is 0 Å². The number of nitrogens with one attached hydrogen (secondary N) is 3. The van der Waals surface area contributed by atoms with Crippen molar-refractivity contribution in [3.63, 3.8) is 0 Å². The second-order valence-corrected chi connectivity index (χ2v) is 7.28. The summed E-state index contributed by atoms with van der Waals surface area (Å²) < 4.78 is 4.85. The van der Waals surface area contributed by atoms with Crippen molar-refractivity contribution in [3.8, 4) is 5.75 Å². The third-order valence-corrected chi connectivity index (χ3v) is 4.95. The van der Waals surface area contributed by atoms with Crippen LogP contribution in [0.2, 0.25) is 0 Å². The molecule has 0 aliphatic heterocycles. The third-order valence-electron chi connectivity index (χ3n) is 4.95. The number of esters is 1. The highest BCUT2D eigenvalue weighted by Gasteiger charge is 2.28. The molecule has 3 aromatic rings. The number of methoxy groups -OCH3 is 1. The van der Waals surface area contributed by atoms with Crippen LogP contribution in [0.25, 0.3) is 10.9 Å². The molecule has 0 spiro atoms. The number of aromatic amines is 1. The summed E-state index contributed by atoms with van der Waals surface area (Å²) in [4.78, 5) is 40.1. The van der Waals surface area contributed by atoms with Crippen LogP contribution >= 0.6 is 0 Å². The van der Waals surface area contributed by atoms with E-state index in [9.17, 15) is 19.5 Å². The van der Waals surface area contributed by atoms with Crippen LogP contribution in [0.4, 0.5) is 0 Å². The standard InChI is InChI=1S/C23H25N3O5/c1-14(27)25-20(11-16-13-24-19-9-8-17(28)12-18(16)19)22(29)26-21(23(30)31-2)10-15-6-4-3-5-7-15/h3-9,12-13,20-21,24,28H,10-11H2,1-2H3,(H,25,27)(H,26,29)/t20-,21+/m0/s1. The molecule has 0 unspecified atom stereocenters. The summed E-state index contributed by atoms with van der Waals surface area (Å²) in [5.41, 5.74) is 2.41. The molecule has 162 valence electrons. The number of aromatic hydroxyl groups is 1. The summed E-state index contributed by atoms with van der Waals surface area (Å²) in [6.07, 6.45) is 2.16. The average molecular weight is 423 g/mol. The van der Waals surface area contributed by atoms with Crippen LogP contribution < -0.4 is 10.6 Å². The lowest BCUT2D eigenvalue weighted by Crippen LogP contribution is -2.53. The maximum absolute atomic E-state index is 13.0. The van der Waals surface area contributed by atoms with E-state index in [1.807, 2.05) is 30.3 Å². The molecule has 0 fully saturated rings. The van der Waals surface area contributed by atoms with Crippen LogP contribution in [-0.4, -0.2) is 47.1 Å². The van der Waals surface area contributed by atoms with Gasteiger partial charge in [-0.05, 0) is 29.3 Å². The molecule has 0 aliphatic carbocycles. The van der Waals surface area contributed by atoms with Gasteiger partial charge in [-0.1, -0.05) is 30.3 Å². The Balaban J connectivity index is 1.81. The molecule has 0 radical (unpaired) electrons. The molecule has 2 atom stereocenters. The summed E-state index contributed by atoms with van der Waals surface area (Å²) >= 11 is 0. The minimum Gasteiger partial charge on any atom is -0.508 e. The van der Waals surface area contributed by atoms with E-state index >= 15 is 0 Å². The van der Waals surface area contributed by atoms with Gasteiger partial charge in [-0.25, -0.2) is 4.79 Å². The number of rotatable bonds is 8. The second-order valence-electron chi connectivity index (χ2n) is 7.28. The smallest absolute Gasteiger partial charge is 0.328 e. The first-order valence-electron chi connectivity index (χ1n) is 9.85. The van der Waals surface area contributed by atoms with Crippen LogP contribution in [0.1, 0.15) is 18.1 Å². The van der Waals surface area contributed by atoms with Gasteiger partial charge in [0.25, 0.3) is 0 Å². The molecule has 0 aliphatic rings. The number of ether oxygens (including phenoxy) is 1. The Hall–Kier alpha value is -3.81. The Kier molecular flexibility index (Phi) is 6.92. The number of carbonyl (C=O) groups excluding carboxylic acids is 3. The first kappa shape index (κ1) is 21.9. The molecule has 4 N–H and O–H groups in total. The van der Waals surface area contributed by atoms with Gasteiger partial charge in [-0.2, -0.15) is 0 Å². The van der Waals surface area contributed by atoms with Crippen LogP contribution in [0.3, 0.4) is 0 Å². The zero-order valence-corrected chi connectivity index (χ0v) is 17.3. The van der Waals surface area contributed by atoms with Crippen molar-refractivity contribution in [2.45, 2.75) is 31.8 Å². The van der Waals surface area contributed by atoms with E-state index < -0.39 is 24.0 Å². The molecule has 31 heavy (non-hydrogen) atoms. The van der Waals surface area contributed by atoms with E-state index in [0.717, 1.165) is 22.0 Å². The fourth-order valence-corrected chi connectivity index (χ4v) is 3.47. The van der Waals surface area contributed by atoms with E-state index in [0.29, 0.717) is 0 Å². The molecule has 2 aromatic carbocycles. The second kappa shape index (κ2) is 9.80. The van der Waals surface area contributed by atoms with Gasteiger partial charge in [0.2, 0.25) is 11.8 Å². The Bertz CT molecular complexity index is 1080. The number of amides is 2. The summed E-state index contributed by atoms with van der Waals surface area (Å²) in [6.45, 7) is 1.32. The van der Waals surface area contributed by atoms with Crippen LogP contribution in [0, 0.1) is 0 Å². The largest absolute Gasteiger partial charge is 0.508 e. The highest BCUT2D eigenvalue weighted by atomic mass is 16.5. The maximum Gasteiger partial charge on any atom is 0.328 e. The van der Waals surface area contributed by atoms with E-state index in [1.54, 1.807) is 24.4 Å². The Morgan fingerprint density at radius 1 is 1.03 bits per heavy atom. The predicted molar refractivity (Wildman–Crippen MR) is 115 cm³/mol. The predicted octanol–water partition coefficient (Wildman–Crippen LogP) is 1.82. The SMILES string of the molecule is COC(=O)[C@@H](Cc1ccccc1)NC(=O)[C@H](Cc1c[nH]c2ccc(O)cc12)NC(C)=O. The van der Waals surface area contributed by atoms with Gasteiger partial charge in [0, 0.05) is 36.9 Å². The number of carbonyl (C=O) groups is 3. The zero-order chi connectivity index (χ0) is 22.4. The minimum absolute atomic E-state index is 0.0995. The molecule has 2 amide bonds. The Morgan fingerprint density at radius 3 is 2.45 bits per heavy atom. The topological polar surface area (TPSA) is 121 Å². The van der Waals surface area contributed by atoms with Crippen LogP contribution in [0.5, 0.6) is 5.75 Å². The molecule has 8 heteroatoms. The van der Waals surface area contributed by atoms with Crippen molar-refractivity contribution < 1.29 is 24.2 Å². The van der Waals surface area contributed by atoms with Gasteiger partial charge in [0.05, 0.1) is 7.11 Å². The van der Waals surface area contributed by atoms with Gasteiger partial charge >= 0.3 is 5.97 Å². The van der Waals surface area contributed by atoms with Gasteiger partial charge < -0.3 is 25.5 Å². The fraction of sp³-hybridized carbons (Fsp3) is 0.261. The summed E-state index contributed by atoms with van der Waals surface area (Å²) in [5, 5.41) is 15.9. The molecule has 3 rings (SSSR count). The van der Waals surface area contributed by atoms with Crippen LogP contribution in [0.15, 0.2) is 54.7 Å². The Labute approximate surface area is 179 Å². The maximum atomic E-state index is 13.0. The van der Waals surface area contributed by atoms with E-state index in [2.05, 4.69) is 15.6 Å². The number of phenolic OH excluding ortho intramolecular Hbond substituents is 1. The number of benzene rings is 2. The fourth-order valence-electron chi connectivity index (χ4n) is 3.47. The summed E-state index contributed by atoms with van der Waals surface area (Å²) in [5.74, 6) is -1.35. The zero-order valence-electron chi connectivity index (χ0n) is 17.3. The molecular formula is C23H25N3O5. The highest BCUT2D eigenvalue weighted by molar-refractivity contribution is 5.92.